The molecule has 38 heavy (non-hydrogen) atoms. The highest BCUT2D eigenvalue weighted by Gasteiger charge is 2.48. The Kier molecular flexibility index (Phi) is 10.7. The zero-order chi connectivity index (χ0) is 26.6. The first-order valence-corrected chi connectivity index (χ1v) is 12.6. The molecule has 0 radical (unpaired) electrons. The van der Waals surface area contributed by atoms with Crippen molar-refractivity contribution in [3.05, 3.63) is 108 Å². The molecule has 1 heterocycles. The van der Waals surface area contributed by atoms with Gasteiger partial charge in [-0.25, -0.2) is 4.79 Å². The molecule has 0 spiro atoms. The maximum Gasteiger partial charge on any atom is 0.407 e. The fourth-order valence-corrected chi connectivity index (χ4v) is 4.39. The second-order valence-corrected chi connectivity index (χ2v) is 8.96. The average molecular weight is 522 g/mol. The zero-order valence-corrected chi connectivity index (χ0v) is 21.7. The predicted molar refractivity (Wildman–Crippen MR) is 141 cm³/mol. The molecular weight excluding hydrogens is 486 g/mol. The number of carbonyl (C=O) groups excluding carboxylic acids is 1. The second kappa shape index (κ2) is 14.6. The lowest BCUT2D eigenvalue weighted by Crippen LogP contribution is -2.66. The van der Waals surface area contributed by atoms with Gasteiger partial charge in [-0.05, 0) is 16.7 Å². The Bertz CT molecular complexity index is 1080. The van der Waals surface area contributed by atoms with Crippen LogP contribution < -0.4 is 5.32 Å². The van der Waals surface area contributed by atoms with Crippen molar-refractivity contribution < 1.29 is 33.2 Å². The fraction of sp³-hybridized carbons (Fsp3) is 0.367. The van der Waals surface area contributed by atoms with Crippen molar-refractivity contribution in [2.24, 2.45) is 0 Å². The summed E-state index contributed by atoms with van der Waals surface area (Å²) in [6.45, 7) is 1.30. The van der Waals surface area contributed by atoms with E-state index in [1.807, 2.05) is 91.0 Å². The van der Waals surface area contributed by atoms with Gasteiger partial charge in [-0.15, -0.1) is 0 Å². The lowest BCUT2D eigenvalue weighted by molar-refractivity contribution is -0.284. The molecule has 0 unspecified atom stereocenters. The summed E-state index contributed by atoms with van der Waals surface area (Å²) < 4.78 is 35.8. The molecular formula is C30H35NO7. The van der Waals surface area contributed by atoms with E-state index in [2.05, 4.69) is 5.32 Å². The van der Waals surface area contributed by atoms with E-state index in [4.69, 9.17) is 28.4 Å². The van der Waals surface area contributed by atoms with Crippen LogP contribution in [0.25, 0.3) is 0 Å². The van der Waals surface area contributed by atoms with E-state index in [-0.39, 0.29) is 6.61 Å². The van der Waals surface area contributed by atoms with Gasteiger partial charge in [-0.1, -0.05) is 91.0 Å². The number of amides is 1. The zero-order valence-electron chi connectivity index (χ0n) is 21.7. The predicted octanol–water partition coefficient (Wildman–Crippen LogP) is 4.47. The fourth-order valence-electron chi connectivity index (χ4n) is 4.39. The van der Waals surface area contributed by atoms with Crippen LogP contribution in [0.15, 0.2) is 91.0 Å². The quantitative estimate of drug-likeness (QED) is 0.377. The Labute approximate surface area is 223 Å². The van der Waals surface area contributed by atoms with E-state index in [0.717, 1.165) is 16.7 Å². The van der Waals surface area contributed by atoms with Crippen LogP contribution in [0.4, 0.5) is 4.79 Å². The molecule has 8 heteroatoms. The number of carbonyl (C=O) groups is 1. The number of rotatable bonds is 12. The average Bonchev–Trinajstić information content (AvgIpc) is 2.97. The summed E-state index contributed by atoms with van der Waals surface area (Å²) in [6, 6.07) is 28.9. The van der Waals surface area contributed by atoms with Gasteiger partial charge in [0.1, 0.15) is 24.4 Å². The van der Waals surface area contributed by atoms with Crippen LogP contribution in [0, 0.1) is 0 Å². The van der Waals surface area contributed by atoms with Crippen molar-refractivity contribution >= 4 is 6.09 Å². The van der Waals surface area contributed by atoms with Crippen molar-refractivity contribution in [3.8, 4) is 0 Å². The number of hydrogen-bond acceptors (Lipinski definition) is 7. The third-order valence-electron chi connectivity index (χ3n) is 6.31. The Morgan fingerprint density at radius 3 is 1.74 bits per heavy atom. The van der Waals surface area contributed by atoms with E-state index in [1.165, 1.54) is 14.2 Å². The van der Waals surface area contributed by atoms with E-state index in [1.54, 1.807) is 0 Å². The molecule has 1 aliphatic rings. The SMILES string of the molecule is COC(=O)N[C@H]1[C@H](OC)O[C@H](COCc2ccccc2)[C@@H](OCc2ccccc2)[C@@H]1OCc1ccccc1. The van der Waals surface area contributed by atoms with Crippen molar-refractivity contribution in [1.82, 2.24) is 5.32 Å². The first kappa shape index (κ1) is 27.8. The summed E-state index contributed by atoms with van der Waals surface area (Å²) in [5, 5.41) is 2.83. The van der Waals surface area contributed by atoms with Gasteiger partial charge in [-0.3, -0.25) is 0 Å². The maximum atomic E-state index is 12.3. The molecule has 1 N–H and O–H groups in total. The Hall–Kier alpha value is -3.27. The van der Waals surface area contributed by atoms with Crippen LogP contribution in [0.5, 0.6) is 0 Å². The maximum absolute atomic E-state index is 12.3. The minimum Gasteiger partial charge on any atom is -0.453 e. The van der Waals surface area contributed by atoms with E-state index < -0.39 is 36.7 Å². The van der Waals surface area contributed by atoms with Crippen LogP contribution in [0.2, 0.25) is 0 Å². The van der Waals surface area contributed by atoms with Crippen LogP contribution in [0.1, 0.15) is 16.7 Å². The summed E-state index contributed by atoms with van der Waals surface area (Å²) in [7, 11) is 2.84. The molecule has 1 saturated heterocycles. The number of alkyl carbamates (subject to hydrolysis) is 1. The Morgan fingerprint density at radius 2 is 1.24 bits per heavy atom. The third-order valence-corrected chi connectivity index (χ3v) is 6.31. The molecule has 3 aromatic rings. The minimum atomic E-state index is -0.809. The highest BCUT2D eigenvalue weighted by atomic mass is 16.7. The lowest BCUT2D eigenvalue weighted by Gasteiger charge is -2.45. The monoisotopic (exact) mass is 521 g/mol. The van der Waals surface area contributed by atoms with E-state index >= 15 is 0 Å². The summed E-state index contributed by atoms with van der Waals surface area (Å²) >= 11 is 0. The summed E-state index contributed by atoms with van der Waals surface area (Å²) in [6.07, 6.45) is -3.15. The standard InChI is InChI=1S/C30H35NO7/c1-33-29-26(31-30(32)34-2)28(37-20-24-16-10-5-11-17-24)27(36-19-23-14-8-4-9-15-23)25(38-29)21-35-18-22-12-6-3-7-13-22/h3-17,25-29H,18-21H2,1-2H3,(H,31,32)/t25-,26-,27-,28-,29-/m1/s1. The first-order chi connectivity index (χ1) is 18.7. The number of nitrogens with one attached hydrogen (secondary N) is 1. The molecule has 1 fully saturated rings. The van der Waals surface area contributed by atoms with Crippen molar-refractivity contribution in [3.63, 3.8) is 0 Å². The molecule has 1 amide bonds. The molecule has 0 bridgehead atoms. The van der Waals surface area contributed by atoms with Crippen LogP contribution in [-0.2, 0) is 48.2 Å². The molecule has 5 atom stereocenters. The lowest BCUT2D eigenvalue weighted by atomic mass is 9.96. The van der Waals surface area contributed by atoms with Crippen LogP contribution in [0.3, 0.4) is 0 Å². The smallest absolute Gasteiger partial charge is 0.407 e. The molecule has 0 saturated carbocycles. The molecule has 0 aromatic heterocycles. The van der Waals surface area contributed by atoms with Gasteiger partial charge in [0.2, 0.25) is 0 Å². The summed E-state index contributed by atoms with van der Waals surface area (Å²) in [4.78, 5) is 12.3. The summed E-state index contributed by atoms with van der Waals surface area (Å²) in [5.41, 5.74) is 3.04. The molecule has 8 nitrogen and oxygen atoms in total. The number of hydrogen-bond donors (Lipinski definition) is 1. The first-order valence-electron chi connectivity index (χ1n) is 12.6. The van der Waals surface area contributed by atoms with Gasteiger partial charge in [0.05, 0.1) is 33.5 Å². The normalized spacial score (nSPS) is 23.1. The number of benzene rings is 3. The molecule has 0 aliphatic carbocycles. The van der Waals surface area contributed by atoms with E-state index in [0.29, 0.717) is 19.8 Å². The third kappa shape index (κ3) is 7.86. The van der Waals surface area contributed by atoms with Gasteiger partial charge in [0, 0.05) is 7.11 Å². The molecule has 4 rings (SSSR count). The van der Waals surface area contributed by atoms with E-state index in [9.17, 15) is 4.79 Å². The largest absolute Gasteiger partial charge is 0.453 e. The molecule has 202 valence electrons. The molecule has 1 aliphatic heterocycles. The van der Waals surface area contributed by atoms with Gasteiger partial charge in [0.15, 0.2) is 6.29 Å². The second-order valence-electron chi connectivity index (χ2n) is 8.96. The van der Waals surface area contributed by atoms with Crippen molar-refractivity contribution in [2.45, 2.75) is 50.5 Å². The minimum absolute atomic E-state index is 0.240. The van der Waals surface area contributed by atoms with Gasteiger partial charge in [0.25, 0.3) is 0 Å². The Morgan fingerprint density at radius 1 is 0.737 bits per heavy atom. The number of methoxy groups -OCH3 is 2. The van der Waals surface area contributed by atoms with Gasteiger partial charge < -0.3 is 33.7 Å². The van der Waals surface area contributed by atoms with Crippen LogP contribution >= 0.6 is 0 Å². The van der Waals surface area contributed by atoms with Crippen molar-refractivity contribution in [1.29, 1.82) is 0 Å². The van der Waals surface area contributed by atoms with Crippen molar-refractivity contribution in [2.75, 3.05) is 20.8 Å². The molecule has 3 aromatic carbocycles. The van der Waals surface area contributed by atoms with Gasteiger partial charge >= 0.3 is 6.09 Å². The highest BCUT2D eigenvalue weighted by Crippen LogP contribution is 2.29. The topological polar surface area (TPSA) is 84.5 Å². The van der Waals surface area contributed by atoms with Gasteiger partial charge in [-0.2, -0.15) is 0 Å². The number of ether oxygens (including phenoxy) is 6. The van der Waals surface area contributed by atoms with Crippen LogP contribution in [-0.4, -0.2) is 57.6 Å². The summed E-state index contributed by atoms with van der Waals surface area (Å²) in [5.74, 6) is 0. The highest BCUT2D eigenvalue weighted by molar-refractivity contribution is 5.67. The Balaban J connectivity index is 1.57.